The number of hydrogen-bond donors (Lipinski definition) is 2. The van der Waals surface area contributed by atoms with Crippen LogP contribution in [0.4, 0.5) is 0 Å². The summed E-state index contributed by atoms with van der Waals surface area (Å²) < 4.78 is 31.3. The third-order valence-electron chi connectivity index (χ3n) is 4.19. The maximum absolute atomic E-state index is 12.5. The largest absolute Gasteiger partial charge is 0.383 e. The van der Waals surface area contributed by atoms with Gasteiger partial charge in [0.2, 0.25) is 10.0 Å². The number of pyridine rings is 1. The average molecular weight is 384 g/mol. The summed E-state index contributed by atoms with van der Waals surface area (Å²) in [6.45, 7) is 1.70. The van der Waals surface area contributed by atoms with E-state index in [-0.39, 0.29) is 17.4 Å². The number of rotatable bonds is 7. The smallest absolute Gasteiger partial charge is 0.309 e. The van der Waals surface area contributed by atoms with E-state index >= 15 is 0 Å². The molecule has 9 nitrogen and oxygen atoms in total. The van der Waals surface area contributed by atoms with Gasteiger partial charge in [0.05, 0.1) is 6.61 Å². The van der Waals surface area contributed by atoms with Crippen molar-refractivity contribution in [1.82, 2.24) is 19.9 Å². The second kappa shape index (κ2) is 9.60. The van der Waals surface area contributed by atoms with Crippen LogP contribution in [0.15, 0.2) is 29.4 Å². The Kier molecular flexibility index (Phi) is 7.49. The van der Waals surface area contributed by atoms with Crippen LogP contribution in [0.25, 0.3) is 0 Å². The Labute approximate surface area is 153 Å². The van der Waals surface area contributed by atoms with E-state index in [1.807, 2.05) is 0 Å². The van der Waals surface area contributed by atoms with Gasteiger partial charge in [0.15, 0.2) is 0 Å². The van der Waals surface area contributed by atoms with Crippen molar-refractivity contribution < 1.29 is 22.7 Å². The number of nitrogens with zero attached hydrogens (tertiary/aromatic N) is 2. The molecule has 1 aromatic rings. The summed E-state index contributed by atoms with van der Waals surface area (Å²) in [5, 5.41) is 5.04. The first-order valence-corrected chi connectivity index (χ1v) is 9.84. The molecule has 0 spiro atoms. The van der Waals surface area contributed by atoms with Crippen molar-refractivity contribution in [2.24, 2.45) is 5.92 Å². The molecule has 1 aliphatic rings. The maximum atomic E-state index is 12.5. The fraction of sp³-hybridized carbons (Fsp3) is 0.562. The van der Waals surface area contributed by atoms with Crippen LogP contribution in [-0.2, 0) is 24.3 Å². The van der Waals surface area contributed by atoms with Gasteiger partial charge in [-0.2, -0.15) is 4.31 Å². The summed E-state index contributed by atoms with van der Waals surface area (Å²) in [6.07, 6.45) is 4.10. The van der Waals surface area contributed by atoms with Crippen LogP contribution >= 0.6 is 0 Å². The summed E-state index contributed by atoms with van der Waals surface area (Å²) in [4.78, 5) is 27.3. The van der Waals surface area contributed by atoms with Gasteiger partial charge in [0.25, 0.3) is 0 Å². The normalized spacial score (nSPS) is 16.2. The van der Waals surface area contributed by atoms with E-state index in [0.717, 1.165) is 0 Å². The Morgan fingerprint density at radius 1 is 1.27 bits per heavy atom. The molecule has 1 aromatic heterocycles. The molecule has 1 fully saturated rings. The van der Waals surface area contributed by atoms with Gasteiger partial charge in [-0.3, -0.25) is 14.6 Å². The number of carbonyl (C=O) groups is 2. The predicted octanol–water partition coefficient (Wildman–Crippen LogP) is -0.639. The molecule has 0 saturated carbocycles. The number of methoxy groups -OCH3 is 1. The molecule has 10 heteroatoms. The zero-order valence-electron chi connectivity index (χ0n) is 14.7. The molecule has 1 aliphatic heterocycles. The van der Waals surface area contributed by atoms with E-state index in [2.05, 4.69) is 15.6 Å². The number of piperidine rings is 1. The minimum Gasteiger partial charge on any atom is -0.383 e. The van der Waals surface area contributed by atoms with E-state index < -0.39 is 21.8 Å². The first-order valence-electron chi connectivity index (χ1n) is 8.40. The minimum absolute atomic E-state index is 0.131. The molecule has 2 amide bonds. The van der Waals surface area contributed by atoms with Crippen LogP contribution in [-0.4, -0.2) is 69.4 Å². The number of carbonyl (C=O) groups excluding carboxylic acids is 2. The summed E-state index contributed by atoms with van der Waals surface area (Å²) in [6, 6.07) is 3.11. The molecule has 2 heterocycles. The highest BCUT2D eigenvalue weighted by Crippen LogP contribution is 2.22. The SMILES string of the molecule is COCCNC(=O)C(=O)NCC1CCN(S(=O)(=O)c2cccnc2)CC1. The number of aromatic nitrogens is 1. The number of amides is 2. The number of ether oxygens (including phenoxy) is 1. The molecular weight excluding hydrogens is 360 g/mol. The van der Waals surface area contributed by atoms with Crippen molar-refractivity contribution in [3.05, 3.63) is 24.5 Å². The lowest BCUT2D eigenvalue weighted by Gasteiger charge is -2.31. The van der Waals surface area contributed by atoms with Crippen molar-refractivity contribution in [2.45, 2.75) is 17.7 Å². The molecule has 2 N–H and O–H groups in total. The molecule has 144 valence electrons. The van der Waals surface area contributed by atoms with Gasteiger partial charge >= 0.3 is 11.8 Å². The predicted molar refractivity (Wildman–Crippen MR) is 93.6 cm³/mol. The zero-order chi connectivity index (χ0) is 19.0. The zero-order valence-corrected chi connectivity index (χ0v) is 15.5. The van der Waals surface area contributed by atoms with Gasteiger partial charge in [-0.05, 0) is 30.9 Å². The van der Waals surface area contributed by atoms with Crippen LogP contribution in [0.2, 0.25) is 0 Å². The molecule has 0 aromatic carbocycles. The lowest BCUT2D eigenvalue weighted by atomic mass is 9.98. The lowest BCUT2D eigenvalue weighted by molar-refractivity contribution is -0.139. The minimum atomic E-state index is -3.54. The first-order chi connectivity index (χ1) is 12.4. The van der Waals surface area contributed by atoms with E-state index in [1.54, 1.807) is 6.07 Å². The molecule has 2 rings (SSSR count). The van der Waals surface area contributed by atoms with Gasteiger partial charge in [0.1, 0.15) is 4.90 Å². The Balaban J connectivity index is 1.76. The number of hydrogen-bond acceptors (Lipinski definition) is 6. The molecule has 0 aliphatic carbocycles. The third-order valence-corrected chi connectivity index (χ3v) is 6.08. The molecule has 1 saturated heterocycles. The molecule has 0 radical (unpaired) electrons. The first kappa shape index (κ1) is 20.3. The van der Waals surface area contributed by atoms with Crippen LogP contribution in [0, 0.1) is 5.92 Å². The summed E-state index contributed by atoms with van der Waals surface area (Å²) in [5.74, 6) is -1.25. The van der Waals surface area contributed by atoms with Crippen molar-refractivity contribution in [1.29, 1.82) is 0 Å². The third kappa shape index (κ3) is 5.48. The number of nitrogens with one attached hydrogen (secondary N) is 2. The molecule has 0 atom stereocenters. The number of sulfonamides is 1. The van der Waals surface area contributed by atoms with Crippen molar-refractivity contribution >= 4 is 21.8 Å². The van der Waals surface area contributed by atoms with Crippen LogP contribution in [0.1, 0.15) is 12.8 Å². The van der Waals surface area contributed by atoms with Crippen LogP contribution in [0.3, 0.4) is 0 Å². The van der Waals surface area contributed by atoms with Gasteiger partial charge < -0.3 is 15.4 Å². The Hall–Kier alpha value is -2.04. The fourth-order valence-electron chi connectivity index (χ4n) is 2.67. The second-order valence-corrected chi connectivity index (χ2v) is 7.93. The van der Waals surface area contributed by atoms with Gasteiger partial charge in [0, 0.05) is 45.7 Å². The van der Waals surface area contributed by atoms with E-state index in [0.29, 0.717) is 39.1 Å². The summed E-state index contributed by atoms with van der Waals surface area (Å²) in [5.41, 5.74) is 0. The van der Waals surface area contributed by atoms with E-state index in [1.165, 1.54) is 29.9 Å². The van der Waals surface area contributed by atoms with Crippen molar-refractivity contribution in [3.63, 3.8) is 0 Å². The van der Waals surface area contributed by atoms with Crippen molar-refractivity contribution in [3.8, 4) is 0 Å². The Morgan fingerprint density at radius 3 is 2.58 bits per heavy atom. The maximum Gasteiger partial charge on any atom is 0.309 e. The highest BCUT2D eigenvalue weighted by atomic mass is 32.2. The topological polar surface area (TPSA) is 118 Å². The fourth-order valence-corrected chi connectivity index (χ4v) is 4.10. The Bertz CT molecular complexity index is 703. The van der Waals surface area contributed by atoms with Gasteiger partial charge in [-0.1, -0.05) is 0 Å². The molecule has 0 unspecified atom stereocenters. The molecule has 0 bridgehead atoms. The summed E-state index contributed by atoms with van der Waals surface area (Å²) in [7, 11) is -2.03. The molecule has 26 heavy (non-hydrogen) atoms. The van der Waals surface area contributed by atoms with E-state index in [4.69, 9.17) is 4.74 Å². The van der Waals surface area contributed by atoms with Crippen LogP contribution in [0.5, 0.6) is 0 Å². The van der Waals surface area contributed by atoms with Gasteiger partial charge in [-0.15, -0.1) is 0 Å². The lowest BCUT2D eigenvalue weighted by Crippen LogP contribution is -2.45. The Morgan fingerprint density at radius 2 is 1.96 bits per heavy atom. The monoisotopic (exact) mass is 384 g/mol. The summed E-state index contributed by atoms with van der Waals surface area (Å²) >= 11 is 0. The standard InChI is InChI=1S/C16H24N4O5S/c1-25-10-7-18-15(21)16(22)19-11-13-4-8-20(9-5-13)26(23,24)14-3-2-6-17-12-14/h2-3,6,12-13H,4-5,7-11H2,1H3,(H,18,21)(H,19,22). The average Bonchev–Trinajstić information content (AvgIpc) is 2.67. The van der Waals surface area contributed by atoms with E-state index in [9.17, 15) is 18.0 Å². The molecular formula is C16H24N4O5S. The van der Waals surface area contributed by atoms with Crippen LogP contribution < -0.4 is 10.6 Å². The highest BCUT2D eigenvalue weighted by Gasteiger charge is 2.29. The highest BCUT2D eigenvalue weighted by molar-refractivity contribution is 7.89. The van der Waals surface area contributed by atoms with Gasteiger partial charge in [-0.25, -0.2) is 8.42 Å². The quantitative estimate of drug-likeness (QED) is 0.477. The van der Waals surface area contributed by atoms with Crippen molar-refractivity contribution in [2.75, 3.05) is 39.9 Å². The second-order valence-electron chi connectivity index (χ2n) is 5.99.